The van der Waals surface area contributed by atoms with Gasteiger partial charge in [-0.1, -0.05) is 6.07 Å². The highest BCUT2D eigenvalue weighted by molar-refractivity contribution is 6.11. The van der Waals surface area contributed by atoms with Crippen LogP contribution in [-0.4, -0.2) is 42.8 Å². The number of anilines is 2. The summed E-state index contributed by atoms with van der Waals surface area (Å²) in [4.78, 5) is 32.8. The number of carbonyl (C=O) groups is 2. The largest absolute Gasteiger partial charge is 0.404 e. The molecule has 0 unspecified atom stereocenters. The van der Waals surface area contributed by atoms with E-state index in [1.807, 2.05) is 25.1 Å². The number of benzene rings is 1. The molecule has 29 heavy (non-hydrogen) atoms. The van der Waals surface area contributed by atoms with E-state index in [0.29, 0.717) is 23.5 Å². The van der Waals surface area contributed by atoms with E-state index in [4.69, 9.17) is 5.73 Å². The average Bonchev–Trinajstić information content (AvgIpc) is 3.47. The summed E-state index contributed by atoms with van der Waals surface area (Å²) in [5, 5.41) is 0. The summed E-state index contributed by atoms with van der Waals surface area (Å²) in [6.07, 6.45) is 4.78. The first kappa shape index (κ1) is 21.0. The molecule has 0 spiro atoms. The van der Waals surface area contributed by atoms with Crippen LogP contribution < -0.4 is 15.5 Å². The standard InChI is InChI=1S/C22H29FN4O2/c1-14-12-26(21(29)16-5-6-16)20-9-17(7-8-19(20)27(14)15(2)28)18(10-24)11-25-13-22(3,4)23/h7-11,14,16H,5-6,12-13,24H2,1-4H3/t14-/m0/s1. The third-order valence-corrected chi connectivity index (χ3v) is 5.16. The Morgan fingerprint density at radius 2 is 2.00 bits per heavy atom. The lowest BCUT2D eigenvalue weighted by atomic mass is 10.0. The number of nitrogens with two attached hydrogens (primary N) is 1. The Hall–Kier alpha value is -2.70. The Morgan fingerprint density at radius 1 is 1.31 bits per heavy atom. The lowest BCUT2D eigenvalue weighted by Gasteiger charge is -2.41. The van der Waals surface area contributed by atoms with Gasteiger partial charge in [-0.2, -0.15) is 0 Å². The van der Waals surface area contributed by atoms with Crippen LogP contribution in [0.2, 0.25) is 0 Å². The number of amides is 2. The minimum absolute atomic E-state index is 0.0250. The van der Waals surface area contributed by atoms with Gasteiger partial charge in [0.15, 0.2) is 0 Å². The Morgan fingerprint density at radius 3 is 2.55 bits per heavy atom. The molecule has 1 aliphatic heterocycles. The molecule has 3 rings (SSSR count). The Balaban J connectivity index is 1.99. The molecule has 0 radical (unpaired) electrons. The van der Waals surface area contributed by atoms with Crippen molar-refractivity contribution in [1.29, 1.82) is 0 Å². The van der Waals surface area contributed by atoms with Gasteiger partial charge in [0, 0.05) is 37.4 Å². The number of hydrogen-bond donors (Lipinski definition) is 1. The molecule has 1 atom stereocenters. The first-order chi connectivity index (χ1) is 13.6. The number of fused-ring (bicyclic) bond motifs is 1. The van der Waals surface area contributed by atoms with Crippen LogP contribution in [0.4, 0.5) is 15.8 Å². The van der Waals surface area contributed by atoms with E-state index in [0.717, 1.165) is 18.4 Å². The van der Waals surface area contributed by atoms with Crippen LogP contribution in [0, 0.1) is 5.92 Å². The summed E-state index contributed by atoms with van der Waals surface area (Å²) in [6, 6.07) is 5.44. The summed E-state index contributed by atoms with van der Waals surface area (Å²) in [6.45, 7) is 6.89. The fourth-order valence-electron chi connectivity index (χ4n) is 3.62. The van der Waals surface area contributed by atoms with Crippen molar-refractivity contribution < 1.29 is 14.0 Å². The van der Waals surface area contributed by atoms with E-state index in [1.165, 1.54) is 27.0 Å². The predicted molar refractivity (Wildman–Crippen MR) is 115 cm³/mol. The molecule has 2 N–H and O–H groups in total. The fourth-order valence-corrected chi connectivity index (χ4v) is 3.62. The third kappa shape index (κ3) is 4.66. The maximum absolute atomic E-state index is 13.7. The molecule has 1 aromatic carbocycles. The van der Waals surface area contributed by atoms with Crippen LogP contribution in [0.25, 0.3) is 5.57 Å². The first-order valence-corrected chi connectivity index (χ1v) is 9.98. The van der Waals surface area contributed by atoms with Crippen LogP contribution in [0.3, 0.4) is 0 Å². The summed E-state index contributed by atoms with van der Waals surface area (Å²) in [5.74, 6) is 0.108. The lowest BCUT2D eigenvalue weighted by molar-refractivity contribution is -0.120. The number of alkyl halides is 1. The molecule has 7 heteroatoms. The smallest absolute Gasteiger partial charge is 0.230 e. The predicted octanol–water partition coefficient (Wildman–Crippen LogP) is 3.30. The zero-order chi connectivity index (χ0) is 21.3. The molecule has 1 aromatic rings. The number of rotatable bonds is 5. The quantitative estimate of drug-likeness (QED) is 0.770. The van der Waals surface area contributed by atoms with Gasteiger partial charge in [0.25, 0.3) is 0 Å². The SMILES string of the molecule is CC(=O)N1c2ccc(C(C=NCC(C)(C)F)=CN)cc2N(C(=O)C2CC2)C[C@@H]1C. The zero-order valence-electron chi connectivity index (χ0n) is 17.5. The topological polar surface area (TPSA) is 79.0 Å². The van der Waals surface area contributed by atoms with E-state index in [9.17, 15) is 14.0 Å². The highest BCUT2D eigenvalue weighted by atomic mass is 19.1. The van der Waals surface area contributed by atoms with Crippen LogP contribution >= 0.6 is 0 Å². The zero-order valence-corrected chi connectivity index (χ0v) is 17.5. The van der Waals surface area contributed by atoms with Gasteiger partial charge in [0.05, 0.1) is 24.0 Å². The van der Waals surface area contributed by atoms with E-state index in [1.54, 1.807) is 16.0 Å². The van der Waals surface area contributed by atoms with Crippen molar-refractivity contribution in [3.8, 4) is 0 Å². The second-order valence-corrected chi connectivity index (χ2v) is 8.48. The van der Waals surface area contributed by atoms with Crippen molar-refractivity contribution in [2.75, 3.05) is 22.9 Å². The number of halogens is 1. The van der Waals surface area contributed by atoms with E-state index in [-0.39, 0.29) is 30.3 Å². The van der Waals surface area contributed by atoms with Crippen molar-refractivity contribution in [3.63, 3.8) is 0 Å². The molecule has 1 saturated carbocycles. The molecular formula is C22H29FN4O2. The molecule has 1 aliphatic carbocycles. The molecule has 0 saturated heterocycles. The fraction of sp³-hybridized carbons (Fsp3) is 0.500. The van der Waals surface area contributed by atoms with Crippen LogP contribution in [0.15, 0.2) is 29.4 Å². The lowest BCUT2D eigenvalue weighted by Crippen LogP contribution is -2.51. The van der Waals surface area contributed by atoms with Gasteiger partial charge in [0.2, 0.25) is 11.8 Å². The molecule has 1 heterocycles. The summed E-state index contributed by atoms with van der Waals surface area (Å²) in [7, 11) is 0. The summed E-state index contributed by atoms with van der Waals surface area (Å²) < 4.78 is 13.7. The summed E-state index contributed by atoms with van der Waals surface area (Å²) >= 11 is 0. The van der Waals surface area contributed by atoms with E-state index in [2.05, 4.69) is 4.99 Å². The molecule has 1 fully saturated rings. The van der Waals surface area contributed by atoms with Gasteiger partial charge in [-0.3, -0.25) is 14.6 Å². The number of carbonyl (C=O) groups excluding carboxylic acids is 2. The van der Waals surface area contributed by atoms with Crippen molar-refractivity contribution in [2.24, 2.45) is 16.6 Å². The van der Waals surface area contributed by atoms with Crippen molar-refractivity contribution in [3.05, 3.63) is 30.0 Å². The van der Waals surface area contributed by atoms with Gasteiger partial charge in [-0.25, -0.2) is 4.39 Å². The monoisotopic (exact) mass is 400 g/mol. The molecule has 0 bridgehead atoms. The van der Waals surface area contributed by atoms with Crippen molar-refractivity contribution >= 4 is 35.0 Å². The van der Waals surface area contributed by atoms with Gasteiger partial charge >= 0.3 is 0 Å². The van der Waals surface area contributed by atoms with E-state index < -0.39 is 5.67 Å². The van der Waals surface area contributed by atoms with Gasteiger partial charge < -0.3 is 15.5 Å². The summed E-state index contributed by atoms with van der Waals surface area (Å²) in [5.41, 5.74) is 7.19. The number of hydrogen-bond acceptors (Lipinski definition) is 4. The Labute approximate surface area is 171 Å². The average molecular weight is 400 g/mol. The van der Waals surface area contributed by atoms with Crippen LogP contribution in [-0.2, 0) is 9.59 Å². The molecule has 2 aliphatic rings. The maximum atomic E-state index is 13.7. The van der Waals surface area contributed by atoms with E-state index >= 15 is 0 Å². The number of aliphatic imine (C=N–C) groups is 1. The second kappa shape index (κ2) is 7.97. The number of allylic oxidation sites excluding steroid dienone is 1. The minimum atomic E-state index is -1.41. The van der Waals surface area contributed by atoms with Crippen molar-refractivity contribution in [1.82, 2.24) is 0 Å². The molecule has 2 amide bonds. The molecular weight excluding hydrogens is 371 g/mol. The minimum Gasteiger partial charge on any atom is -0.404 e. The maximum Gasteiger partial charge on any atom is 0.230 e. The molecule has 0 aromatic heterocycles. The Bertz CT molecular complexity index is 868. The van der Waals surface area contributed by atoms with Crippen LogP contribution in [0.5, 0.6) is 0 Å². The molecule has 6 nitrogen and oxygen atoms in total. The Kier molecular flexibility index (Phi) is 5.78. The van der Waals surface area contributed by atoms with Gasteiger partial charge in [0.1, 0.15) is 5.67 Å². The number of nitrogens with zero attached hydrogens (tertiary/aromatic N) is 3. The second-order valence-electron chi connectivity index (χ2n) is 8.48. The van der Waals surface area contributed by atoms with Gasteiger partial charge in [-0.05, 0) is 51.3 Å². The first-order valence-electron chi connectivity index (χ1n) is 9.98. The molecule has 156 valence electrons. The van der Waals surface area contributed by atoms with Crippen molar-refractivity contribution in [2.45, 2.75) is 52.2 Å². The van der Waals surface area contributed by atoms with Gasteiger partial charge in [-0.15, -0.1) is 0 Å². The third-order valence-electron chi connectivity index (χ3n) is 5.16. The highest BCUT2D eigenvalue weighted by Gasteiger charge is 2.39. The highest BCUT2D eigenvalue weighted by Crippen LogP contribution is 2.41. The normalized spacial score (nSPS) is 20.2. The van der Waals surface area contributed by atoms with Crippen LogP contribution in [0.1, 0.15) is 46.1 Å².